The second-order valence-electron chi connectivity index (χ2n) is 7.30. The van der Waals surface area contributed by atoms with Crippen LogP contribution in [0.25, 0.3) is 22.4 Å². The lowest BCUT2D eigenvalue weighted by Crippen LogP contribution is -2.05. The molecule has 1 heterocycles. The van der Waals surface area contributed by atoms with Gasteiger partial charge in [-0.1, -0.05) is 12.1 Å². The molecule has 0 radical (unpaired) electrons. The maximum atomic E-state index is 13.9. The van der Waals surface area contributed by atoms with E-state index in [1.165, 1.54) is 19.2 Å². The third-order valence-electron chi connectivity index (χ3n) is 5.35. The molecule has 0 bridgehead atoms. The summed E-state index contributed by atoms with van der Waals surface area (Å²) in [6, 6.07) is 16.3. The first-order valence-electron chi connectivity index (χ1n) is 10.1. The second kappa shape index (κ2) is 9.07. The zero-order chi connectivity index (χ0) is 23.5. The number of nitro groups is 1. The number of fused-ring (bicyclic) bond motifs is 1. The lowest BCUT2D eigenvalue weighted by atomic mass is 10.1. The number of imidazole rings is 1. The first-order chi connectivity index (χ1) is 15.9. The van der Waals surface area contributed by atoms with E-state index in [2.05, 4.69) is 4.98 Å². The average molecular weight is 449 g/mol. The number of hydrogen-bond acceptors (Lipinski definition) is 6. The highest BCUT2D eigenvalue weighted by molar-refractivity contribution is 5.94. The maximum absolute atomic E-state index is 13.9. The molecule has 9 heteroatoms. The smallest absolute Gasteiger partial charge is 0.337 e. The van der Waals surface area contributed by atoms with Crippen LogP contribution < -0.4 is 4.74 Å². The van der Waals surface area contributed by atoms with E-state index in [1.54, 1.807) is 25.3 Å². The number of aromatic nitrogens is 2. The van der Waals surface area contributed by atoms with Gasteiger partial charge in [-0.05, 0) is 54.4 Å². The summed E-state index contributed by atoms with van der Waals surface area (Å²) in [6.45, 7) is 0.501. The SMILES string of the molecule is COC(=O)c1ccc2c(c1)nc(-c1ccc(F)c([N+](=O)[O-])c1)n2CCc1ccc(OC)cc1. The van der Waals surface area contributed by atoms with E-state index >= 15 is 0 Å². The third kappa shape index (κ3) is 4.38. The Kier molecular flexibility index (Phi) is 6.03. The zero-order valence-electron chi connectivity index (χ0n) is 17.9. The number of aryl methyl sites for hydroxylation is 2. The predicted octanol–water partition coefficient (Wildman–Crippen LogP) is 4.79. The van der Waals surface area contributed by atoms with Crippen molar-refractivity contribution < 1.29 is 23.6 Å². The van der Waals surface area contributed by atoms with Crippen molar-refractivity contribution >= 4 is 22.7 Å². The van der Waals surface area contributed by atoms with Crippen molar-refractivity contribution in [3.63, 3.8) is 0 Å². The van der Waals surface area contributed by atoms with E-state index in [9.17, 15) is 19.3 Å². The number of rotatable bonds is 7. The summed E-state index contributed by atoms with van der Waals surface area (Å²) in [5, 5.41) is 11.3. The third-order valence-corrected chi connectivity index (χ3v) is 5.35. The zero-order valence-corrected chi connectivity index (χ0v) is 17.9. The molecule has 4 aromatic rings. The highest BCUT2D eigenvalue weighted by atomic mass is 19.1. The minimum Gasteiger partial charge on any atom is -0.497 e. The van der Waals surface area contributed by atoms with Gasteiger partial charge in [0.15, 0.2) is 0 Å². The number of methoxy groups -OCH3 is 2. The molecule has 0 aliphatic heterocycles. The highest BCUT2D eigenvalue weighted by Gasteiger charge is 2.20. The lowest BCUT2D eigenvalue weighted by molar-refractivity contribution is -0.387. The van der Waals surface area contributed by atoms with Gasteiger partial charge >= 0.3 is 11.7 Å². The summed E-state index contributed by atoms with van der Waals surface area (Å²) in [5.74, 6) is -0.230. The fourth-order valence-electron chi connectivity index (χ4n) is 3.65. The number of nitrogens with zero attached hydrogens (tertiary/aromatic N) is 3. The van der Waals surface area contributed by atoms with E-state index in [-0.39, 0.29) is 0 Å². The monoisotopic (exact) mass is 449 g/mol. The number of hydrogen-bond donors (Lipinski definition) is 0. The Labute approximate surface area is 188 Å². The summed E-state index contributed by atoms with van der Waals surface area (Å²) in [7, 11) is 2.90. The van der Waals surface area contributed by atoms with Crippen LogP contribution in [0.3, 0.4) is 0 Å². The Hall–Kier alpha value is -4.27. The Morgan fingerprint density at radius 3 is 2.52 bits per heavy atom. The van der Waals surface area contributed by atoms with E-state index in [4.69, 9.17) is 9.47 Å². The summed E-state index contributed by atoms with van der Waals surface area (Å²) in [4.78, 5) is 27.1. The van der Waals surface area contributed by atoms with Gasteiger partial charge in [-0.25, -0.2) is 9.78 Å². The molecule has 0 atom stereocenters. The molecule has 0 saturated heterocycles. The van der Waals surface area contributed by atoms with Crippen LogP contribution >= 0.6 is 0 Å². The van der Waals surface area contributed by atoms with Gasteiger partial charge in [-0.2, -0.15) is 4.39 Å². The standard InChI is InChI=1S/C24H20FN3O5/c1-32-18-7-3-15(4-8-18)11-12-27-21-10-6-17(24(29)33-2)13-20(21)26-23(27)16-5-9-19(25)22(14-16)28(30)31/h3-10,13-14H,11-12H2,1-2H3. The Balaban J connectivity index is 1.80. The topological polar surface area (TPSA) is 96.5 Å². The number of ether oxygens (including phenoxy) is 2. The number of carbonyl (C=O) groups excluding carboxylic acids is 1. The molecule has 0 spiro atoms. The highest BCUT2D eigenvalue weighted by Crippen LogP contribution is 2.30. The molecular weight excluding hydrogens is 429 g/mol. The van der Waals surface area contributed by atoms with E-state index in [0.717, 1.165) is 22.9 Å². The molecule has 0 aliphatic carbocycles. The molecule has 0 unspecified atom stereocenters. The van der Waals surface area contributed by atoms with Crippen molar-refractivity contribution in [3.8, 4) is 17.1 Å². The lowest BCUT2D eigenvalue weighted by Gasteiger charge is -2.10. The summed E-state index contributed by atoms with van der Waals surface area (Å²) in [5.41, 5.74) is 2.42. The summed E-state index contributed by atoms with van der Waals surface area (Å²) in [6.07, 6.45) is 0.643. The number of nitro benzene ring substituents is 1. The maximum Gasteiger partial charge on any atom is 0.337 e. The van der Waals surface area contributed by atoms with E-state index in [0.29, 0.717) is 35.4 Å². The number of benzene rings is 3. The summed E-state index contributed by atoms with van der Waals surface area (Å²) < 4.78 is 25.8. The molecule has 0 fully saturated rings. The molecule has 4 rings (SSSR count). The largest absolute Gasteiger partial charge is 0.497 e. The van der Waals surface area contributed by atoms with Crippen LogP contribution in [0.4, 0.5) is 10.1 Å². The van der Waals surface area contributed by atoms with Crippen molar-refractivity contribution in [2.45, 2.75) is 13.0 Å². The molecule has 33 heavy (non-hydrogen) atoms. The van der Waals surface area contributed by atoms with Gasteiger partial charge < -0.3 is 14.0 Å². The fourth-order valence-corrected chi connectivity index (χ4v) is 3.65. The molecule has 0 aliphatic rings. The molecule has 8 nitrogen and oxygen atoms in total. The van der Waals surface area contributed by atoms with Crippen molar-refractivity contribution in [2.24, 2.45) is 0 Å². The van der Waals surface area contributed by atoms with Crippen molar-refractivity contribution in [1.82, 2.24) is 9.55 Å². The molecule has 0 amide bonds. The molecule has 1 aromatic heterocycles. The van der Waals surface area contributed by atoms with Crippen molar-refractivity contribution in [1.29, 1.82) is 0 Å². The van der Waals surface area contributed by atoms with E-state index in [1.807, 2.05) is 28.8 Å². The number of carbonyl (C=O) groups is 1. The first-order valence-corrected chi connectivity index (χ1v) is 10.1. The molecule has 168 valence electrons. The van der Waals surface area contributed by atoms with Crippen LogP contribution in [-0.2, 0) is 17.7 Å². The van der Waals surface area contributed by atoms with Gasteiger partial charge in [0.1, 0.15) is 11.6 Å². The van der Waals surface area contributed by atoms with Crippen LogP contribution in [0.15, 0.2) is 60.7 Å². The molecule has 0 saturated carbocycles. The average Bonchev–Trinajstić information content (AvgIpc) is 3.20. The predicted molar refractivity (Wildman–Crippen MR) is 120 cm³/mol. The van der Waals surface area contributed by atoms with Gasteiger partial charge in [0.05, 0.1) is 35.7 Å². The Bertz CT molecular complexity index is 1350. The van der Waals surface area contributed by atoms with Crippen LogP contribution in [0.1, 0.15) is 15.9 Å². The second-order valence-corrected chi connectivity index (χ2v) is 7.30. The van der Waals surface area contributed by atoms with Crippen LogP contribution in [0, 0.1) is 15.9 Å². The van der Waals surface area contributed by atoms with Gasteiger partial charge in [-0.3, -0.25) is 10.1 Å². The Morgan fingerprint density at radius 1 is 1.09 bits per heavy atom. The van der Waals surface area contributed by atoms with Crippen molar-refractivity contribution in [2.75, 3.05) is 14.2 Å². The van der Waals surface area contributed by atoms with Crippen LogP contribution in [0.5, 0.6) is 5.75 Å². The van der Waals surface area contributed by atoms with Gasteiger partial charge in [0, 0.05) is 18.2 Å². The van der Waals surface area contributed by atoms with Gasteiger partial charge in [0.25, 0.3) is 0 Å². The first kappa shape index (κ1) is 21.9. The fraction of sp³-hybridized carbons (Fsp3) is 0.167. The number of halogens is 1. The van der Waals surface area contributed by atoms with Crippen molar-refractivity contribution in [3.05, 3.63) is 87.7 Å². The Morgan fingerprint density at radius 2 is 1.85 bits per heavy atom. The minimum atomic E-state index is -0.919. The normalized spacial score (nSPS) is 10.9. The number of esters is 1. The molecular formula is C24H20FN3O5. The van der Waals surface area contributed by atoms with E-state index < -0.39 is 22.4 Å². The molecule has 0 N–H and O–H groups in total. The quantitative estimate of drug-likeness (QED) is 0.229. The van der Waals surface area contributed by atoms with Gasteiger partial charge in [-0.15, -0.1) is 0 Å². The summed E-state index contributed by atoms with van der Waals surface area (Å²) >= 11 is 0. The van der Waals surface area contributed by atoms with Crippen LogP contribution in [0.2, 0.25) is 0 Å². The minimum absolute atomic E-state index is 0.335. The molecule has 3 aromatic carbocycles. The van der Waals surface area contributed by atoms with Gasteiger partial charge in [0.2, 0.25) is 5.82 Å². The van der Waals surface area contributed by atoms with Crippen LogP contribution in [-0.4, -0.2) is 34.7 Å².